The molecular formula is C24H32N4O3S. The molecule has 8 heteroatoms. The van der Waals surface area contributed by atoms with Gasteiger partial charge in [0.05, 0.1) is 0 Å². The third-order valence-corrected chi connectivity index (χ3v) is 8.30. The topological polar surface area (TPSA) is 73.0 Å². The van der Waals surface area contributed by atoms with Crippen LogP contribution in [-0.4, -0.2) is 67.1 Å². The van der Waals surface area contributed by atoms with Gasteiger partial charge >= 0.3 is 0 Å². The number of hydrogen-bond donors (Lipinski definition) is 1. The first-order chi connectivity index (χ1) is 15.6. The van der Waals surface area contributed by atoms with Gasteiger partial charge in [-0.2, -0.15) is 17.0 Å². The fraction of sp³-hybridized carbons (Fsp3) is 0.458. The number of piperazine rings is 1. The average Bonchev–Trinajstić information content (AvgIpc) is 3.11. The van der Waals surface area contributed by atoms with Crippen molar-refractivity contribution in [3.63, 3.8) is 0 Å². The summed E-state index contributed by atoms with van der Waals surface area (Å²) in [4.78, 5) is 15.4. The van der Waals surface area contributed by atoms with Gasteiger partial charge in [-0.3, -0.25) is 9.69 Å². The van der Waals surface area contributed by atoms with E-state index in [0.717, 1.165) is 36.9 Å². The van der Waals surface area contributed by atoms with Gasteiger partial charge < -0.3 is 5.32 Å². The van der Waals surface area contributed by atoms with Crippen molar-refractivity contribution < 1.29 is 13.2 Å². The van der Waals surface area contributed by atoms with Crippen LogP contribution in [0.1, 0.15) is 37.3 Å². The highest BCUT2D eigenvalue weighted by atomic mass is 32.2. The summed E-state index contributed by atoms with van der Waals surface area (Å²) in [6.07, 6.45) is 4.04. The van der Waals surface area contributed by atoms with E-state index in [4.69, 9.17) is 0 Å². The van der Waals surface area contributed by atoms with Gasteiger partial charge in [-0.05, 0) is 30.5 Å². The second kappa shape index (κ2) is 10.6. The normalized spacial score (nSPS) is 20.4. The molecule has 2 fully saturated rings. The molecule has 4 rings (SSSR count). The van der Waals surface area contributed by atoms with Gasteiger partial charge in [-0.15, -0.1) is 0 Å². The number of carbonyl (C=O) groups excluding carboxylic acids is 1. The standard InChI is InChI=1S/C24H32N4O3S/c29-24(25-22-13-7-4-8-14-22)23(21-11-5-3-6-12-21)26-17-19-28(20-18-26)32(30,31)27-15-9-1-2-10-16-27/h3-8,11-14,23H,1-2,9-10,15-20H2,(H,25,29). The van der Waals surface area contributed by atoms with E-state index in [0.29, 0.717) is 39.3 Å². The largest absolute Gasteiger partial charge is 0.324 e. The zero-order chi connectivity index (χ0) is 22.4. The summed E-state index contributed by atoms with van der Waals surface area (Å²) >= 11 is 0. The lowest BCUT2D eigenvalue weighted by molar-refractivity contribution is -0.122. The molecule has 0 saturated carbocycles. The summed E-state index contributed by atoms with van der Waals surface area (Å²) in [5.74, 6) is -0.105. The molecule has 1 atom stereocenters. The molecule has 2 aliphatic heterocycles. The molecule has 0 aromatic heterocycles. The molecule has 2 heterocycles. The number of carbonyl (C=O) groups is 1. The zero-order valence-corrected chi connectivity index (χ0v) is 19.2. The molecule has 0 radical (unpaired) electrons. The second-order valence-electron chi connectivity index (χ2n) is 8.42. The van der Waals surface area contributed by atoms with E-state index >= 15 is 0 Å². The second-order valence-corrected chi connectivity index (χ2v) is 10.4. The quantitative estimate of drug-likeness (QED) is 0.725. The number of nitrogens with zero attached hydrogens (tertiary/aromatic N) is 3. The number of rotatable bonds is 6. The molecule has 2 aromatic carbocycles. The van der Waals surface area contributed by atoms with Crippen LogP contribution in [0.3, 0.4) is 0 Å². The Morgan fingerprint density at radius 1 is 0.719 bits per heavy atom. The molecule has 2 aromatic rings. The fourth-order valence-electron chi connectivity index (χ4n) is 4.52. The van der Waals surface area contributed by atoms with E-state index < -0.39 is 16.3 Å². The minimum Gasteiger partial charge on any atom is -0.324 e. The van der Waals surface area contributed by atoms with Gasteiger partial charge in [0.1, 0.15) is 6.04 Å². The number of anilines is 1. The van der Waals surface area contributed by atoms with Gasteiger partial charge in [-0.25, -0.2) is 0 Å². The summed E-state index contributed by atoms with van der Waals surface area (Å²) < 4.78 is 29.6. The predicted molar refractivity (Wildman–Crippen MR) is 126 cm³/mol. The lowest BCUT2D eigenvalue weighted by Gasteiger charge is -2.39. The Labute approximate surface area is 191 Å². The minimum absolute atomic E-state index is 0.105. The Balaban J connectivity index is 1.47. The molecule has 7 nitrogen and oxygen atoms in total. The molecule has 1 N–H and O–H groups in total. The fourth-order valence-corrected chi connectivity index (χ4v) is 6.19. The van der Waals surface area contributed by atoms with Crippen LogP contribution in [0.4, 0.5) is 5.69 Å². The molecule has 0 bridgehead atoms. The number of amides is 1. The summed E-state index contributed by atoms with van der Waals surface area (Å²) in [7, 11) is -3.45. The van der Waals surface area contributed by atoms with E-state index in [1.54, 1.807) is 8.61 Å². The maximum atomic E-state index is 13.3. The van der Waals surface area contributed by atoms with Gasteiger partial charge in [0, 0.05) is 45.0 Å². The Kier molecular flexibility index (Phi) is 7.57. The highest BCUT2D eigenvalue weighted by molar-refractivity contribution is 7.86. The van der Waals surface area contributed by atoms with Crippen LogP contribution in [0, 0.1) is 0 Å². The Morgan fingerprint density at radius 2 is 1.25 bits per heavy atom. The van der Waals surface area contributed by atoms with Crippen molar-refractivity contribution in [1.29, 1.82) is 0 Å². The molecule has 1 amide bonds. The summed E-state index contributed by atoms with van der Waals surface area (Å²) in [5, 5.41) is 3.02. The Hall–Kier alpha value is -2.26. The molecule has 2 saturated heterocycles. The van der Waals surface area contributed by atoms with Crippen molar-refractivity contribution >= 4 is 21.8 Å². The first kappa shape index (κ1) is 22.9. The van der Waals surface area contributed by atoms with Crippen molar-refractivity contribution in [3.8, 4) is 0 Å². The minimum atomic E-state index is -3.45. The van der Waals surface area contributed by atoms with Gasteiger partial charge in [0.25, 0.3) is 10.2 Å². The first-order valence-corrected chi connectivity index (χ1v) is 12.9. The SMILES string of the molecule is O=C(Nc1ccccc1)C(c1ccccc1)N1CCN(S(=O)(=O)N2CCCCCC2)CC1. The summed E-state index contributed by atoms with van der Waals surface area (Å²) in [6.45, 7) is 3.01. The van der Waals surface area contributed by atoms with Crippen LogP contribution < -0.4 is 5.32 Å². The maximum absolute atomic E-state index is 13.3. The van der Waals surface area contributed by atoms with Crippen molar-refractivity contribution in [2.45, 2.75) is 31.7 Å². The number of para-hydroxylation sites is 1. The Morgan fingerprint density at radius 3 is 1.84 bits per heavy atom. The number of nitrogens with one attached hydrogen (secondary N) is 1. The van der Waals surface area contributed by atoms with Crippen LogP contribution in [0.2, 0.25) is 0 Å². The zero-order valence-electron chi connectivity index (χ0n) is 18.4. The predicted octanol–water partition coefficient (Wildman–Crippen LogP) is 3.10. The smallest absolute Gasteiger partial charge is 0.282 e. The molecular weight excluding hydrogens is 424 g/mol. The number of hydrogen-bond acceptors (Lipinski definition) is 4. The lowest BCUT2D eigenvalue weighted by atomic mass is 10.0. The molecule has 0 spiro atoms. The van der Waals surface area contributed by atoms with Crippen LogP contribution in [0.5, 0.6) is 0 Å². The van der Waals surface area contributed by atoms with Crippen molar-refractivity contribution in [3.05, 3.63) is 66.2 Å². The van der Waals surface area contributed by atoms with Gasteiger partial charge in [0.2, 0.25) is 5.91 Å². The van der Waals surface area contributed by atoms with Crippen LogP contribution >= 0.6 is 0 Å². The summed E-state index contributed by atoms with van der Waals surface area (Å²) in [5.41, 5.74) is 1.66. The maximum Gasteiger partial charge on any atom is 0.282 e. The van der Waals surface area contributed by atoms with E-state index in [1.807, 2.05) is 60.7 Å². The number of benzene rings is 2. The highest BCUT2D eigenvalue weighted by Crippen LogP contribution is 2.26. The van der Waals surface area contributed by atoms with Crippen LogP contribution in [0.25, 0.3) is 0 Å². The molecule has 32 heavy (non-hydrogen) atoms. The van der Waals surface area contributed by atoms with Crippen LogP contribution in [-0.2, 0) is 15.0 Å². The third kappa shape index (κ3) is 5.38. The Bertz CT molecular complexity index is 969. The molecule has 0 aliphatic carbocycles. The van der Waals surface area contributed by atoms with Crippen molar-refractivity contribution in [2.75, 3.05) is 44.6 Å². The van der Waals surface area contributed by atoms with E-state index in [-0.39, 0.29) is 5.91 Å². The molecule has 1 unspecified atom stereocenters. The monoisotopic (exact) mass is 456 g/mol. The highest BCUT2D eigenvalue weighted by Gasteiger charge is 2.36. The van der Waals surface area contributed by atoms with Crippen LogP contribution in [0.15, 0.2) is 60.7 Å². The van der Waals surface area contributed by atoms with Gasteiger partial charge in [0.15, 0.2) is 0 Å². The van der Waals surface area contributed by atoms with Crippen molar-refractivity contribution in [1.82, 2.24) is 13.5 Å². The third-order valence-electron chi connectivity index (χ3n) is 6.26. The van der Waals surface area contributed by atoms with E-state index in [2.05, 4.69) is 10.2 Å². The average molecular weight is 457 g/mol. The molecule has 2 aliphatic rings. The van der Waals surface area contributed by atoms with Gasteiger partial charge in [-0.1, -0.05) is 61.4 Å². The first-order valence-electron chi connectivity index (χ1n) is 11.5. The lowest BCUT2D eigenvalue weighted by Crippen LogP contribution is -2.54. The van der Waals surface area contributed by atoms with Crippen molar-refractivity contribution in [2.24, 2.45) is 0 Å². The summed E-state index contributed by atoms with van der Waals surface area (Å²) in [6, 6.07) is 18.6. The van der Waals surface area contributed by atoms with E-state index in [9.17, 15) is 13.2 Å². The van der Waals surface area contributed by atoms with E-state index in [1.165, 1.54) is 0 Å². The molecule has 172 valence electrons.